The summed E-state index contributed by atoms with van der Waals surface area (Å²) in [7, 11) is 4.14. The Balaban J connectivity index is 1.14. The number of hydrogen-bond acceptors (Lipinski definition) is 4. The second kappa shape index (κ2) is 8.15. The van der Waals surface area contributed by atoms with Crippen LogP contribution in [0.25, 0.3) is 0 Å². The van der Waals surface area contributed by atoms with Gasteiger partial charge in [0.1, 0.15) is 11.9 Å². The van der Waals surface area contributed by atoms with Crippen molar-refractivity contribution < 1.29 is 13.9 Å². The van der Waals surface area contributed by atoms with Crippen LogP contribution < -0.4 is 0 Å². The molecule has 1 spiro atoms. The zero-order valence-electron chi connectivity index (χ0n) is 21.5. The number of allylic oxidation sites excluding steroid dienone is 1. The van der Waals surface area contributed by atoms with E-state index in [1.807, 2.05) is 12.1 Å². The lowest BCUT2D eigenvalue weighted by molar-refractivity contribution is -0.0503. The van der Waals surface area contributed by atoms with Crippen molar-refractivity contribution in [3.8, 4) is 0 Å². The van der Waals surface area contributed by atoms with Crippen LogP contribution in [-0.2, 0) is 11.3 Å². The first-order valence-electron chi connectivity index (χ1n) is 13.7. The first-order valence-corrected chi connectivity index (χ1v) is 13.7. The van der Waals surface area contributed by atoms with E-state index >= 15 is 0 Å². The average Bonchev–Trinajstić information content (AvgIpc) is 3.51. The van der Waals surface area contributed by atoms with Crippen molar-refractivity contribution in [1.29, 1.82) is 0 Å². The molecule has 4 aliphatic carbocycles. The molecule has 1 amide bonds. The number of hydrogen-bond donors (Lipinski definition) is 0. The third-order valence-corrected chi connectivity index (χ3v) is 11.2. The van der Waals surface area contributed by atoms with Crippen LogP contribution >= 0.6 is 0 Å². The molecule has 0 N–H and O–H groups in total. The van der Waals surface area contributed by atoms with E-state index in [2.05, 4.69) is 31.9 Å². The van der Waals surface area contributed by atoms with Gasteiger partial charge in [-0.25, -0.2) is 4.79 Å². The standard InChI is InChI=1S/C29H42N2O3/c1-19-24-9-10-26-23-8-7-20-16-21(34-27(32)30(3)17-22-6-5-15-33-22)11-13-28(20,2)25(23)12-14-29(24,26)18-31(19)4/h5-7,15,19,21,23-26H,8-14,16-18H2,1-4H3. The number of furan rings is 1. The average molecular weight is 467 g/mol. The van der Waals surface area contributed by atoms with Crippen LogP contribution in [0.5, 0.6) is 0 Å². The Morgan fingerprint density at radius 3 is 2.82 bits per heavy atom. The minimum Gasteiger partial charge on any atom is -0.467 e. The minimum absolute atomic E-state index is 0.00227. The number of rotatable bonds is 3. The highest BCUT2D eigenvalue weighted by Crippen LogP contribution is 2.68. The summed E-state index contributed by atoms with van der Waals surface area (Å²) >= 11 is 0. The number of nitrogens with zero attached hydrogens (tertiary/aromatic N) is 2. The maximum atomic E-state index is 12.7. The summed E-state index contributed by atoms with van der Waals surface area (Å²) in [5, 5.41) is 0. The molecule has 1 aromatic heterocycles. The Morgan fingerprint density at radius 2 is 2.03 bits per heavy atom. The second-order valence-corrected chi connectivity index (χ2v) is 12.6. The van der Waals surface area contributed by atoms with Crippen molar-refractivity contribution in [2.24, 2.45) is 34.5 Å². The fourth-order valence-electron chi connectivity index (χ4n) is 9.46. The van der Waals surface area contributed by atoms with Crippen LogP contribution in [0.4, 0.5) is 4.79 Å². The van der Waals surface area contributed by atoms with E-state index in [4.69, 9.17) is 9.15 Å². The van der Waals surface area contributed by atoms with Gasteiger partial charge in [-0.1, -0.05) is 18.6 Å². The van der Waals surface area contributed by atoms with Crippen molar-refractivity contribution in [3.63, 3.8) is 0 Å². The zero-order chi connectivity index (χ0) is 23.7. The maximum absolute atomic E-state index is 12.7. The molecule has 5 aliphatic rings. The largest absolute Gasteiger partial charge is 0.467 e. The lowest BCUT2D eigenvalue weighted by Crippen LogP contribution is -2.52. The van der Waals surface area contributed by atoms with E-state index in [0.29, 0.717) is 17.4 Å². The Labute approximate surface area is 204 Å². The highest BCUT2D eigenvalue weighted by molar-refractivity contribution is 5.67. The highest BCUT2D eigenvalue weighted by atomic mass is 16.6. The van der Waals surface area contributed by atoms with Crippen LogP contribution in [0, 0.1) is 34.5 Å². The third-order valence-electron chi connectivity index (χ3n) is 11.2. The van der Waals surface area contributed by atoms with Crippen LogP contribution in [0.15, 0.2) is 34.5 Å². The molecule has 8 atom stereocenters. The first-order chi connectivity index (χ1) is 16.3. The number of fused-ring (bicyclic) bond motifs is 4. The Bertz CT molecular complexity index is 957. The molecule has 5 heteroatoms. The van der Waals surface area contributed by atoms with Crippen molar-refractivity contribution >= 4 is 6.09 Å². The lowest BCUT2D eigenvalue weighted by Gasteiger charge is -2.58. The molecule has 0 bridgehead atoms. The van der Waals surface area contributed by atoms with Gasteiger partial charge in [-0.3, -0.25) is 0 Å². The van der Waals surface area contributed by atoms with Crippen molar-refractivity contribution in [1.82, 2.24) is 9.80 Å². The molecular formula is C29H42N2O3. The summed E-state index contributed by atoms with van der Waals surface area (Å²) in [5.74, 6) is 4.26. The minimum atomic E-state index is -0.240. The molecule has 8 unspecified atom stereocenters. The van der Waals surface area contributed by atoms with E-state index in [9.17, 15) is 4.79 Å². The molecule has 3 saturated carbocycles. The predicted molar refractivity (Wildman–Crippen MR) is 132 cm³/mol. The summed E-state index contributed by atoms with van der Waals surface area (Å²) in [4.78, 5) is 17.0. The Morgan fingerprint density at radius 1 is 1.21 bits per heavy atom. The van der Waals surface area contributed by atoms with Crippen molar-refractivity contribution in [2.75, 3.05) is 20.6 Å². The summed E-state index contributed by atoms with van der Waals surface area (Å²) in [5.41, 5.74) is 2.46. The molecule has 2 heterocycles. The van der Waals surface area contributed by atoms with Gasteiger partial charge in [0.2, 0.25) is 0 Å². The van der Waals surface area contributed by atoms with Crippen molar-refractivity contribution in [3.05, 3.63) is 35.8 Å². The number of carbonyl (C=O) groups excluding carboxylic acids is 1. The fourth-order valence-corrected chi connectivity index (χ4v) is 9.46. The Hall–Kier alpha value is -1.75. The molecule has 5 nitrogen and oxygen atoms in total. The molecule has 1 aliphatic heterocycles. The van der Waals surface area contributed by atoms with E-state index < -0.39 is 0 Å². The number of amides is 1. The summed E-state index contributed by atoms with van der Waals surface area (Å²) in [6.45, 7) is 6.79. The molecule has 1 aromatic rings. The van der Waals surface area contributed by atoms with Crippen LogP contribution in [0.3, 0.4) is 0 Å². The van der Waals surface area contributed by atoms with E-state index in [0.717, 1.165) is 54.7 Å². The van der Waals surface area contributed by atoms with Crippen LogP contribution in [0.1, 0.15) is 71.0 Å². The van der Waals surface area contributed by atoms with Gasteiger partial charge in [0.25, 0.3) is 0 Å². The first kappa shape index (κ1) is 22.7. The normalized spacial score (nSPS) is 43.4. The van der Waals surface area contributed by atoms with Gasteiger partial charge in [-0.05, 0) is 106 Å². The quantitative estimate of drug-likeness (QED) is 0.504. The van der Waals surface area contributed by atoms with Crippen LogP contribution in [-0.4, -0.2) is 48.7 Å². The van der Waals surface area contributed by atoms with Gasteiger partial charge in [0.15, 0.2) is 0 Å². The molecule has 0 radical (unpaired) electrons. The fraction of sp³-hybridized carbons (Fsp3) is 0.759. The van der Waals surface area contributed by atoms with E-state index in [1.165, 1.54) is 38.6 Å². The highest BCUT2D eigenvalue weighted by Gasteiger charge is 2.64. The third kappa shape index (κ3) is 3.32. The van der Waals surface area contributed by atoms with Gasteiger partial charge in [-0.15, -0.1) is 0 Å². The van der Waals surface area contributed by atoms with Crippen molar-refractivity contribution in [2.45, 2.75) is 83.9 Å². The Kier molecular flexibility index (Phi) is 5.44. The molecule has 34 heavy (non-hydrogen) atoms. The molecule has 0 aromatic carbocycles. The van der Waals surface area contributed by atoms with Gasteiger partial charge < -0.3 is 19.0 Å². The van der Waals surface area contributed by atoms with E-state index in [-0.39, 0.29) is 12.2 Å². The van der Waals surface area contributed by atoms with Gasteiger partial charge in [0, 0.05) is 26.1 Å². The second-order valence-electron chi connectivity index (χ2n) is 12.6. The van der Waals surface area contributed by atoms with Gasteiger partial charge in [-0.2, -0.15) is 0 Å². The number of likely N-dealkylation sites (tertiary alicyclic amines) is 1. The molecule has 4 fully saturated rings. The molecular weight excluding hydrogens is 424 g/mol. The SMILES string of the molecule is CC1C2CCC3C4CC=C5CC(OC(=O)N(C)Cc6ccco6)CCC5(C)C4CCC32CN1C. The summed E-state index contributed by atoms with van der Waals surface area (Å²) < 4.78 is 11.4. The van der Waals surface area contributed by atoms with Gasteiger partial charge >= 0.3 is 6.09 Å². The topological polar surface area (TPSA) is 45.9 Å². The lowest BCUT2D eigenvalue weighted by atomic mass is 9.47. The maximum Gasteiger partial charge on any atom is 0.410 e. The zero-order valence-corrected chi connectivity index (χ0v) is 21.5. The predicted octanol–water partition coefficient (Wildman–Crippen LogP) is 6.11. The molecule has 1 saturated heterocycles. The monoisotopic (exact) mass is 466 g/mol. The van der Waals surface area contributed by atoms with Gasteiger partial charge in [0.05, 0.1) is 12.8 Å². The smallest absolute Gasteiger partial charge is 0.410 e. The summed E-state index contributed by atoms with van der Waals surface area (Å²) in [6, 6.07) is 4.50. The summed E-state index contributed by atoms with van der Waals surface area (Å²) in [6.07, 6.45) is 14.0. The molecule has 6 rings (SSSR count). The van der Waals surface area contributed by atoms with Crippen LogP contribution in [0.2, 0.25) is 0 Å². The number of carbonyl (C=O) groups is 1. The molecule has 186 valence electrons. The number of ether oxygens (including phenoxy) is 1. The van der Waals surface area contributed by atoms with E-state index in [1.54, 1.807) is 23.8 Å².